The van der Waals surface area contributed by atoms with Crippen molar-refractivity contribution in [3.63, 3.8) is 0 Å². The van der Waals surface area contributed by atoms with Crippen molar-refractivity contribution < 1.29 is 0 Å². The number of rotatable bonds is 5. The molecule has 1 heterocycles. The molecule has 2 nitrogen and oxygen atoms in total. The fourth-order valence-corrected chi connectivity index (χ4v) is 3.28. The second-order valence-corrected chi connectivity index (χ2v) is 7.21. The predicted octanol–water partition coefficient (Wildman–Crippen LogP) is 5.33. The Morgan fingerprint density at radius 3 is 2.36 bits per heavy atom. The van der Waals surface area contributed by atoms with Gasteiger partial charge < -0.3 is 5.32 Å². The Morgan fingerprint density at radius 1 is 1.18 bits per heavy atom. The largest absolute Gasteiger partial charge is 0.314 e. The van der Waals surface area contributed by atoms with Crippen molar-refractivity contribution in [1.29, 1.82) is 0 Å². The Hall–Kier alpha value is 0.490. The van der Waals surface area contributed by atoms with Crippen molar-refractivity contribution in [3.05, 3.63) is 33.3 Å². The minimum absolute atomic E-state index is 0. The molecule has 2 rings (SSSR count). The van der Waals surface area contributed by atoms with E-state index in [1.165, 1.54) is 18.4 Å². The Labute approximate surface area is 160 Å². The smallest absolute Gasteiger partial charge is 0.0548 e. The first-order valence-electron chi connectivity index (χ1n) is 7.47. The molecule has 1 fully saturated rings. The average molecular weight is 433 g/mol. The van der Waals surface area contributed by atoms with Crippen LogP contribution in [0.4, 0.5) is 0 Å². The number of piperazine rings is 1. The van der Waals surface area contributed by atoms with Gasteiger partial charge in [0.2, 0.25) is 0 Å². The first kappa shape index (κ1) is 22.5. The van der Waals surface area contributed by atoms with E-state index in [-0.39, 0.29) is 24.8 Å². The van der Waals surface area contributed by atoms with Crippen LogP contribution in [0.2, 0.25) is 5.02 Å². The predicted molar refractivity (Wildman–Crippen MR) is 105 cm³/mol. The second kappa shape index (κ2) is 11.1. The lowest BCUT2D eigenvalue weighted by atomic mass is 9.96. The normalized spacial score (nSPS) is 16.8. The van der Waals surface area contributed by atoms with Gasteiger partial charge in [0.05, 0.1) is 5.02 Å². The van der Waals surface area contributed by atoms with Gasteiger partial charge in [-0.05, 0) is 52.4 Å². The molecular formula is C16H26BrCl3N2. The van der Waals surface area contributed by atoms with Gasteiger partial charge in [0, 0.05) is 36.7 Å². The fourth-order valence-electron chi connectivity index (χ4n) is 2.76. The van der Waals surface area contributed by atoms with E-state index in [2.05, 4.69) is 52.1 Å². The molecule has 0 saturated carbocycles. The molecule has 1 aliphatic rings. The highest BCUT2D eigenvalue weighted by Crippen LogP contribution is 2.32. The van der Waals surface area contributed by atoms with E-state index < -0.39 is 0 Å². The molecule has 0 spiro atoms. The van der Waals surface area contributed by atoms with Gasteiger partial charge in [-0.3, -0.25) is 4.90 Å². The maximum absolute atomic E-state index is 6.13. The van der Waals surface area contributed by atoms with Crippen LogP contribution in [0.3, 0.4) is 0 Å². The highest BCUT2D eigenvalue weighted by Gasteiger charge is 2.22. The lowest BCUT2D eigenvalue weighted by molar-refractivity contribution is 0.160. The van der Waals surface area contributed by atoms with Crippen LogP contribution in [0.15, 0.2) is 22.7 Å². The molecule has 1 saturated heterocycles. The summed E-state index contributed by atoms with van der Waals surface area (Å²) in [6.45, 7) is 9.03. The van der Waals surface area contributed by atoms with E-state index in [1.54, 1.807) is 0 Å². The van der Waals surface area contributed by atoms with Crippen LogP contribution in [0.25, 0.3) is 0 Å². The third-order valence-electron chi connectivity index (χ3n) is 3.94. The maximum Gasteiger partial charge on any atom is 0.0548 e. The lowest BCUT2D eigenvalue weighted by Gasteiger charge is -2.35. The maximum atomic E-state index is 6.13. The zero-order valence-electron chi connectivity index (χ0n) is 13.1. The van der Waals surface area contributed by atoms with Gasteiger partial charge in [-0.15, -0.1) is 24.8 Å². The van der Waals surface area contributed by atoms with Gasteiger partial charge in [-0.1, -0.05) is 31.5 Å². The lowest BCUT2D eigenvalue weighted by Crippen LogP contribution is -2.45. The zero-order chi connectivity index (χ0) is 14.5. The summed E-state index contributed by atoms with van der Waals surface area (Å²) in [4.78, 5) is 2.61. The summed E-state index contributed by atoms with van der Waals surface area (Å²) in [5.74, 6) is 0.746. The Kier molecular flexibility index (Phi) is 11.4. The van der Waals surface area contributed by atoms with Gasteiger partial charge in [0.25, 0.3) is 0 Å². The molecule has 0 radical (unpaired) electrons. The molecule has 6 heteroatoms. The monoisotopic (exact) mass is 430 g/mol. The molecule has 0 unspecified atom stereocenters. The minimum atomic E-state index is 0. The Balaban J connectivity index is 0.00000220. The van der Waals surface area contributed by atoms with Crippen molar-refractivity contribution in [1.82, 2.24) is 10.2 Å². The highest BCUT2D eigenvalue weighted by molar-refractivity contribution is 9.10. The fraction of sp³-hybridized carbons (Fsp3) is 0.625. The van der Waals surface area contributed by atoms with Crippen LogP contribution in [-0.4, -0.2) is 31.1 Å². The molecule has 22 heavy (non-hydrogen) atoms. The van der Waals surface area contributed by atoms with E-state index in [0.717, 1.165) is 41.6 Å². The molecule has 1 aromatic rings. The Bertz CT molecular complexity index is 437. The molecule has 0 amide bonds. The van der Waals surface area contributed by atoms with Crippen LogP contribution in [0.1, 0.15) is 38.3 Å². The quantitative estimate of drug-likeness (QED) is 0.677. The van der Waals surface area contributed by atoms with Gasteiger partial charge >= 0.3 is 0 Å². The standard InChI is InChI=1S/C16H24BrClN2.2ClH/c1-12(2)3-6-16(20-9-7-19-8-10-20)13-4-5-15(18)14(17)11-13;;/h4-5,11-12,16,19H,3,6-10H2,1-2H3;2*1H/t16-;;/m1../s1. The van der Waals surface area contributed by atoms with E-state index in [9.17, 15) is 0 Å². The first-order chi connectivity index (χ1) is 9.58. The molecular weight excluding hydrogens is 406 g/mol. The van der Waals surface area contributed by atoms with Gasteiger partial charge in [-0.2, -0.15) is 0 Å². The van der Waals surface area contributed by atoms with Gasteiger partial charge in [-0.25, -0.2) is 0 Å². The summed E-state index contributed by atoms with van der Waals surface area (Å²) in [5, 5.41) is 4.22. The van der Waals surface area contributed by atoms with Crippen LogP contribution in [0.5, 0.6) is 0 Å². The third kappa shape index (κ3) is 6.54. The number of hydrogen-bond acceptors (Lipinski definition) is 2. The summed E-state index contributed by atoms with van der Waals surface area (Å²) in [6, 6.07) is 6.88. The van der Waals surface area contributed by atoms with Crippen molar-refractivity contribution in [2.75, 3.05) is 26.2 Å². The van der Waals surface area contributed by atoms with Gasteiger partial charge in [0.1, 0.15) is 0 Å². The summed E-state index contributed by atoms with van der Waals surface area (Å²) >= 11 is 9.68. The van der Waals surface area contributed by atoms with Crippen molar-refractivity contribution in [2.45, 2.75) is 32.7 Å². The molecule has 1 N–H and O–H groups in total. The van der Waals surface area contributed by atoms with Gasteiger partial charge in [0.15, 0.2) is 0 Å². The van der Waals surface area contributed by atoms with Crippen molar-refractivity contribution in [2.24, 2.45) is 5.92 Å². The van der Waals surface area contributed by atoms with Crippen LogP contribution >= 0.6 is 52.3 Å². The van der Waals surface area contributed by atoms with Crippen LogP contribution in [-0.2, 0) is 0 Å². The number of hydrogen-bond donors (Lipinski definition) is 1. The van der Waals surface area contributed by atoms with E-state index in [4.69, 9.17) is 11.6 Å². The number of halogens is 4. The molecule has 0 aliphatic carbocycles. The number of nitrogens with zero attached hydrogens (tertiary/aromatic N) is 1. The van der Waals surface area contributed by atoms with E-state index >= 15 is 0 Å². The van der Waals surface area contributed by atoms with Crippen LogP contribution in [0, 0.1) is 5.92 Å². The molecule has 1 aliphatic heterocycles. The number of benzene rings is 1. The molecule has 0 bridgehead atoms. The molecule has 0 aromatic heterocycles. The first-order valence-corrected chi connectivity index (χ1v) is 8.64. The highest BCUT2D eigenvalue weighted by atomic mass is 79.9. The third-order valence-corrected chi connectivity index (χ3v) is 5.15. The average Bonchev–Trinajstić information content (AvgIpc) is 2.44. The number of nitrogens with one attached hydrogen (secondary N) is 1. The minimum Gasteiger partial charge on any atom is -0.314 e. The van der Waals surface area contributed by atoms with E-state index in [0.29, 0.717) is 6.04 Å². The summed E-state index contributed by atoms with van der Waals surface area (Å²) in [5.41, 5.74) is 1.38. The molecule has 128 valence electrons. The zero-order valence-corrected chi connectivity index (χ0v) is 17.1. The van der Waals surface area contributed by atoms with E-state index in [1.807, 2.05) is 6.07 Å². The summed E-state index contributed by atoms with van der Waals surface area (Å²) in [7, 11) is 0. The summed E-state index contributed by atoms with van der Waals surface area (Å²) < 4.78 is 1.00. The topological polar surface area (TPSA) is 15.3 Å². The molecule has 1 aromatic carbocycles. The second-order valence-electron chi connectivity index (χ2n) is 5.95. The summed E-state index contributed by atoms with van der Waals surface area (Å²) in [6.07, 6.45) is 2.47. The van der Waals surface area contributed by atoms with Crippen molar-refractivity contribution in [3.8, 4) is 0 Å². The Morgan fingerprint density at radius 2 is 1.82 bits per heavy atom. The van der Waals surface area contributed by atoms with Crippen molar-refractivity contribution >= 4 is 52.3 Å². The van der Waals surface area contributed by atoms with Crippen LogP contribution < -0.4 is 5.32 Å². The SMILES string of the molecule is CC(C)CC[C@H](c1ccc(Cl)c(Br)c1)N1CCNCC1.Cl.Cl. The molecule has 1 atom stereocenters.